The Bertz CT molecular complexity index is 431. The molecule has 0 unspecified atom stereocenters. The van der Waals surface area contributed by atoms with Gasteiger partial charge in [-0.05, 0) is 30.2 Å². The molecule has 0 saturated carbocycles. The summed E-state index contributed by atoms with van der Waals surface area (Å²) in [4.78, 5) is 12.8. The molecule has 0 heterocycles. The highest BCUT2D eigenvalue weighted by Crippen LogP contribution is 2.30. The molecule has 1 amide bonds. The van der Waals surface area contributed by atoms with Gasteiger partial charge in [-0.1, -0.05) is 0 Å². The van der Waals surface area contributed by atoms with Crippen molar-refractivity contribution in [2.45, 2.75) is 13.5 Å². The third kappa shape index (κ3) is 3.13. The fourth-order valence-corrected chi connectivity index (χ4v) is 1.66. The zero-order valence-corrected chi connectivity index (χ0v) is 11.2. The van der Waals surface area contributed by atoms with Gasteiger partial charge in [-0.15, -0.1) is 0 Å². The molecule has 1 aromatic rings. The molecule has 1 aromatic carbocycles. The SMILES string of the molecule is COc1cc(C)c(CN(C)C(=O)CO)cc1OC. The van der Waals surface area contributed by atoms with Gasteiger partial charge in [0.15, 0.2) is 11.5 Å². The predicted molar refractivity (Wildman–Crippen MR) is 67.8 cm³/mol. The normalized spacial score (nSPS) is 10.1. The van der Waals surface area contributed by atoms with Crippen LogP contribution in [0.5, 0.6) is 11.5 Å². The third-order valence-electron chi connectivity index (χ3n) is 2.81. The molecule has 0 aliphatic heterocycles. The minimum atomic E-state index is -0.483. The van der Waals surface area contributed by atoms with Crippen LogP contribution in [0.25, 0.3) is 0 Å². The van der Waals surface area contributed by atoms with Gasteiger partial charge in [-0.2, -0.15) is 0 Å². The van der Waals surface area contributed by atoms with Gasteiger partial charge in [0.05, 0.1) is 14.2 Å². The summed E-state index contributed by atoms with van der Waals surface area (Å²) in [6.07, 6.45) is 0. The van der Waals surface area contributed by atoms with Crippen LogP contribution in [-0.4, -0.2) is 43.8 Å². The smallest absolute Gasteiger partial charge is 0.248 e. The molecule has 0 bridgehead atoms. The van der Waals surface area contributed by atoms with E-state index in [0.29, 0.717) is 18.0 Å². The maximum absolute atomic E-state index is 11.3. The van der Waals surface area contributed by atoms with Crippen molar-refractivity contribution in [2.24, 2.45) is 0 Å². The van der Waals surface area contributed by atoms with E-state index < -0.39 is 6.61 Å². The summed E-state index contributed by atoms with van der Waals surface area (Å²) in [6.45, 7) is 1.88. The highest BCUT2D eigenvalue weighted by Gasteiger charge is 2.12. The largest absolute Gasteiger partial charge is 0.493 e. The van der Waals surface area contributed by atoms with Crippen molar-refractivity contribution >= 4 is 5.91 Å². The number of aryl methyl sites for hydroxylation is 1. The van der Waals surface area contributed by atoms with E-state index in [0.717, 1.165) is 11.1 Å². The topological polar surface area (TPSA) is 59.0 Å². The number of carbonyl (C=O) groups is 1. The Morgan fingerprint density at radius 1 is 1.28 bits per heavy atom. The molecule has 0 radical (unpaired) electrons. The summed E-state index contributed by atoms with van der Waals surface area (Å²) in [6, 6.07) is 3.71. The third-order valence-corrected chi connectivity index (χ3v) is 2.81. The standard InChI is InChI=1S/C13H19NO4/c1-9-5-11(17-3)12(18-4)6-10(9)7-14(2)13(16)8-15/h5-6,15H,7-8H2,1-4H3. The Labute approximate surface area is 107 Å². The molecule has 100 valence electrons. The van der Waals surface area contributed by atoms with Crippen LogP contribution in [0.1, 0.15) is 11.1 Å². The van der Waals surface area contributed by atoms with E-state index in [1.807, 2.05) is 19.1 Å². The first-order valence-corrected chi connectivity index (χ1v) is 5.59. The number of benzene rings is 1. The van der Waals surface area contributed by atoms with Gasteiger partial charge in [0.1, 0.15) is 6.61 Å². The fraction of sp³-hybridized carbons (Fsp3) is 0.462. The van der Waals surface area contributed by atoms with Crippen molar-refractivity contribution in [1.29, 1.82) is 0 Å². The van der Waals surface area contributed by atoms with Crippen LogP contribution < -0.4 is 9.47 Å². The monoisotopic (exact) mass is 253 g/mol. The molecular formula is C13H19NO4. The number of amides is 1. The minimum Gasteiger partial charge on any atom is -0.493 e. The first-order chi connectivity index (χ1) is 8.53. The van der Waals surface area contributed by atoms with Gasteiger partial charge in [0, 0.05) is 13.6 Å². The van der Waals surface area contributed by atoms with Gasteiger partial charge < -0.3 is 19.5 Å². The number of hydrogen-bond acceptors (Lipinski definition) is 4. The van der Waals surface area contributed by atoms with Crippen LogP contribution in [0.4, 0.5) is 0 Å². The van der Waals surface area contributed by atoms with Crippen molar-refractivity contribution in [3.63, 3.8) is 0 Å². The molecular weight excluding hydrogens is 234 g/mol. The van der Waals surface area contributed by atoms with E-state index in [1.165, 1.54) is 4.90 Å². The molecule has 0 atom stereocenters. The summed E-state index contributed by atoms with van der Waals surface area (Å²) >= 11 is 0. The van der Waals surface area contributed by atoms with Crippen LogP contribution in [0.2, 0.25) is 0 Å². The summed E-state index contributed by atoms with van der Waals surface area (Å²) in [5.41, 5.74) is 1.96. The van der Waals surface area contributed by atoms with Crippen LogP contribution in [0.3, 0.4) is 0 Å². The summed E-state index contributed by atoms with van der Waals surface area (Å²) in [5, 5.41) is 8.80. The van der Waals surface area contributed by atoms with Crippen LogP contribution in [-0.2, 0) is 11.3 Å². The Morgan fingerprint density at radius 3 is 2.33 bits per heavy atom. The Kier molecular flexibility index (Phi) is 4.97. The van der Waals surface area contributed by atoms with E-state index >= 15 is 0 Å². The Balaban J connectivity index is 2.99. The summed E-state index contributed by atoms with van der Waals surface area (Å²) in [5.74, 6) is 0.974. The molecule has 0 spiro atoms. The molecule has 18 heavy (non-hydrogen) atoms. The first-order valence-electron chi connectivity index (χ1n) is 5.59. The lowest BCUT2D eigenvalue weighted by Crippen LogP contribution is -2.28. The maximum atomic E-state index is 11.3. The average Bonchev–Trinajstić information content (AvgIpc) is 2.39. The Hall–Kier alpha value is -1.75. The highest BCUT2D eigenvalue weighted by atomic mass is 16.5. The lowest BCUT2D eigenvalue weighted by Gasteiger charge is -2.19. The van der Waals surface area contributed by atoms with Crippen molar-refractivity contribution in [3.8, 4) is 11.5 Å². The van der Waals surface area contributed by atoms with Crippen molar-refractivity contribution in [1.82, 2.24) is 4.90 Å². The van der Waals surface area contributed by atoms with E-state index in [-0.39, 0.29) is 5.91 Å². The van der Waals surface area contributed by atoms with Gasteiger partial charge in [0.2, 0.25) is 5.91 Å². The number of methoxy groups -OCH3 is 2. The molecule has 0 aliphatic rings. The Morgan fingerprint density at radius 2 is 1.83 bits per heavy atom. The molecule has 5 heteroatoms. The van der Waals surface area contributed by atoms with Crippen molar-refractivity contribution < 1.29 is 19.4 Å². The molecule has 1 rings (SSSR count). The lowest BCUT2D eigenvalue weighted by atomic mass is 10.1. The second-order valence-corrected chi connectivity index (χ2v) is 4.04. The van der Waals surface area contributed by atoms with Crippen molar-refractivity contribution in [3.05, 3.63) is 23.3 Å². The van der Waals surface area contributed by atoms with Crippen LogP contribution in [0.15, 0.2) is 12.1 Å². The van der Waals surface area contributed by atoms with Crippen LogP contribution in [0, 0.1) is 6.92 Å². The van der Waals surface area contributed by atoms with Gasteiger partial charge in [0.25, 0.3) is 0 Å². The molecule has 0 aliphatic carbocycles. The van der Waals surface area contributed by atoms with Gasteiger partial charge in [-0.3, -0.25) is 4.79 Å². The second kappa shape index (κ2) is 6.26. The number of nitrogens with zero attached hydrogens (tertiary/aromatic N) is 1. The second-order valence-electron chi connectivity index (χ2n) is 4.04. The number of carbonyl (C=O) groups excluding carboxylic acids is 1. The fourth-order valence-electron chi connectivity index (χ4n) is 1.66. The van der Waals surface area contributed by atoms with Crippen molar-refractivity contribution in [2.75, 3.05) is 27.9 Å². The maximum Gasteiger partial charge on any atom is 0.248 e. The first kappa shape index (κ1) is 14.3. The zero-order chi connectivity index (χ0) is 13.7. The lowest BCUT2D eigenvalue weighted by molar-refractivity contribution is -0.133. The van der Waals surface area contributed by atoms with Gasteiger partial charge in [-0.25, -0.2) is 0 Å². The van der Waals surface area contributed by atoms with E-state index in [9.17, 15) is 4.79 Å². The quantitative estimate of drug-likeness (QED) is 0.849. The van der Waals surface area contributed by atoms with Crippen LogP contribution >= 0.6 is 0 Å². The summed E-state index contributed by atoms with van der Waals surface area (Å²) in [7, 11) is 4.80. The minimum absolute atomic E-state index is 0.316. The van der Waals surface area contributed by atoms with E-state index in [1.54, 1.807) is 21.3 Å². The molecule has 0 saturated heterocycles. The molecule has 0 fully saturated rings. The number of likely N-dealkylation sites (N-methyl/N-ethyl adjacent to an activating group) is 1. The van der Waals surface area contributed by atoms with E-state index in [2.05, 4.69) is 0 Å². The molecule has 5 nitrogen and oxygen atoms in total. The number of rotatable bonds is 5. The summed E-state index contributed by atoms with van der Waals surface area (Å²) < 4.78 is 10.4. The zero-order valence-electron chi connectivity index (χ0n) is 11.2. The number of aliphatic hydroxyl groups is 1. The average molecular weight is 253 g/mol. The molecule has 0 aromatic heterocycles. The van der Waals surface area contributed by atoms with Gasteiger partial charge >= 0.3 is 0 Å². The predicted octanol–water partition coefficient (Wildman–Crippen LogP) is 0.963. The van der Waals surface area contributed by atoms with E-state index in [4.69, 9.17) is 14.6 Å². The number of hydrogen-bond donors (Lipinski definition) is 1. The number of aliphatic hydroxyl groups excluding tert-OH is 1. The highest BCUT2D eigenvalue weighted by molar-refractivity contribution is 5.76. The molecule has 1 N–H and O–H groups in total. The number of ether oxygens (including phenoxy) is 2.